The number of carbonyl (C=O) groups excluding carboxylic acids is 1. The fourth-order valence-electron chi connectivity index (χ4n) is 2.48. The second kappa shape index (κ2) is 6.72. The van der Waals surface area contributed by atoms with Crippen molar-refractivity contribution in [1.29, 1.82) is 0 Å². The van der Waals surface area contributed by atoms with Crippen LogP contribution in [-0.2, 0) is 9.53 Å². The molecule has 1 saturated heterocycles. The summed E-state index contributed by atoms with van der Waals surface area (Å²) in [4.78, 5) is 13.9. The summed E-state index contributed by atoms with van der Waals surface area (Å²) in [5.74, 6) is 0.895. The van der Waals surface area contributed by atoms with Gasteiger partial charge in [0.05, 0.1) is 26.3 Å². The van der Waals surface area contributed by atoms with E-state index in [0.717, 1.165) is 11.3 Å². The minimum Gasteiger partial charge on any atom is -0.497 e. The number of benzene rings is 1. The second-order valence-corrected chi connectivity index (χ2v) is 4.87. The van der Waals surface area contributed by atoms with E-state index in [4.69, 9.17) is 9.47 Å². The Kier molecular flexibility index (Phi) is 4.98. The molecule has 1 aromatic carbocycles. The van der Waals surface area contributed by atoms with Crippen molar-refractivity contribution in [2.24, 2.45) is 0 Å². The molecule has 5 heteroatoms. The van der Waals surface area contributed by atoms with Gasteiger partial charge in [0.25, 0.3) is 0 Å². The molecule has 2 rings (SSSR count). The smallest absolute Gasteiger partial charge is 0.238 e. The molecule has 0 spiro atoms. The first-order valence-corrected chi connectivity index (χ1v) is 6.93. The number of nitrogens with zero attached hydrogens (tertiary/aromatic N) is 1. The molecule has 1 aliphatic rings. The van der Waals surface area contributed by atoms with Gasteiger partial charge in [-0.2, -0.15) is 0 Å². The summed E-state index contributed by atoms with van der Waals surface area (Å²) in [6.45, 7) is 5.52. The highest BCUT2D eigenvalue weighted by Gasteiger charge is 2.35. The van der Waals surface area contributed by atoms with Crippen LogP contribution in [0, 0.1) is 0 Å². The molecule has 0 saturated carbocycles. The van der Waals surface area contributed by atoms with E-state index in [1.807, 2.05) is 43.0 Å². The van der Waals surface area contributed by atoms with Crippen LogP contribution in [0.25, 0.3) is 0 Å². The van der Waals surface area contributed by atoms with Gasteiger partial charge in [0, 0.05) is 6.61 Å². The summed E-state index contributed by atoms with van der Waals surface area (Å²) >= 11 is 0. The lowest BCUT2D eigenvalue weighted by molar-refractivity contribution is -0.131. The zero-order valence-electron chi connectivity index (χ0n) is 12.3. The number of nitrogens with one attached hydrogen (secondary N) is 1. The molecule has 1 amide bonds. The van der Waals surface area contributed by atoms with E-state index in [-0.39, 0.29) is 18.1 Å². The van der Waals surface area contributed by atoms with Crippen LogP contribution < -0.4 is 10.1 Å². The Hall–Kier alpha value is -1.59. The molecular formula is C15H22N2O3. The summed E-state index contributed by atoms with van der Waals surface area (Å²) in [6, 6.07) is 7.82. The quantitative estimate of drug-likeness (QED) is 0.858. The lowest BCUT2D eigenvalue weighted by Gasteiger charge is -2.30. The van der Waals surface area contributed by atoms with Gasteiger partial charge in [-0.05, 0) is 31.5 Å². The zero-order chi connectivity index (χ0) is 14.5. The molecule has 110 valence electrons. The number of hydrogen-bond acceptors (Lipinski definition) is 4. The number of ether oxygens (including phenoxy) is 2. The largest absolute Gasteiger partial charge is 0.497 e. The second-order valence-electron chi connectivity index (χ2n) is 4.87. The maximum Gasteiger partial charge on any atom is 0.238 e. The number of hydrogen-bond donors (Lipinski definition) is 1. The summed E-state index contributed by atoms with van der Waals surface area (Å²) in [7, 11) is 1.64. The molecule has 1 heterocycles. The highest BCUT2D eigenvalue weighted by molar-refractivity contribution is 5.81. The number of carbonyl (C=O) groups is 1. The molecule has 1 N–H and O–H groups in total. The van der Waals surface area contributed by atoms with Crippen LogP contribution in [0.5, 0.6) is 5.75 Å². The lowest BCUT2D eigenvalue weighted by atomic mass is 10.1. The van der Waals surface area contributed by atoms with Crippen LogP contribution in [0.2, 0.25) is 0 Å². The number of rotatable bonds is 6. The minimum atomic E-state index is -0.118. The van der Waals surface area contributed by atoms with Gasteiger partial charge in [-0.15, -0.1) is 0 Å². The van der Waals surface area contributed by atoms with E-state index >= 15 is 0 Å². The highest BCUT2D eigenvalue weighted by Crippen LogP contribution is 2.27. The average molecular weight is 278 g/mol. The SMILES string of the molecule is CCOCC(C)N1C(=O)CNC1c1cccc(OC)c1. The Morgan fingerprint density at radius 2 is 2.30 bits per heavy atom. The van der Waals surface area contributed by atoms with E-state index in [9.17, 15) is 4.79 Å². The molecule has 2 unspecified atom stereocenters. The number of methoxy groups -OCH3 is 1. The highest BCUT2D eigenvalue weighted by atomic mass is 16.5. The van der Waals surface area contributed by atoms with Crippen molar-refractivity contribution in [1.82, 2.24) is 10.2 Å². The van der Waals surface area contributed by atoms with Crippen LogP contribution in [0.15, 0.2) is 24.3 Å². The third kappa shape index (κ3) is 3.11. The molecule has 1 aromatic rings. The molecule has 1 fully saturated rings. The first-order chi connectivity index (χ1) is 9.67. The van der Waals surface area contributed by atoms with Crippen molar-refractivity contribution in [2.75, 3.05) is 26.9 Å². The first kappa shape index (κ1) is 14.8. The third-order valence-corrected chi connectivity index (χ3v) is 3.46. The van der Waals surface area contributed by atoms with Crippen molar-refractivity contribution in [2.45, 2.75) is 26.1 Å². The van der Waals surface area contributed by atoms with Gasteiger partial charge in [-0.1, -0.05) is 12.1 Å². The van der Waals surface area contributed by atoms with Gasteiger partial charge >= 0.3 is 0 Å². The Bertz CT molecular complexity index is 464. The minimum absolute atomic E-state index is 0.0358. The van der Waals surface area contributed by atoms with Gasteiger partial charge in [-0.25, -0.2) is 0 Å². The van der Waals surface area contributed by atoms with Gasteiger partial charge < -0.3 is 14.4 Å². The van der Waals surface area contributed by atoms with Crippen molar-refractivity contribution >= 4 is 5.91 Å². The molecule has 0 aromatic heterocycles. The van der Waals surface area contributed by atoms with Gasteiger partial charge in [0.2, 0.25) is 5.91 Å². The average Bonchev–Trinajstić information content (AvgIpc) is 2.86. The predicted molar refractivity (Wildman–Crippen MR) is 76.5 cm³/mol. The lowest BCUT2D eigenvalue weighted by Crippen LogP contribution is -2.40. The van der Waals surface area contributed by atoms with Crippen molar-refractivity contribution in [3.63, 3.8) is 0 Å². The normalized spacial score (nSPS) is 20.2. The van der Waals surface area contributed by atoms with Crippen LogP contribution in [-0.4, -0.2) is 43.7 Å². The Balaban J connectivity index is 2.18. The van der Waals surface area contributed by atoms with E-state index in [1.54, 1.807) is 7.11 Å². The van der Waals surface area contributed by atoms with Crippen LogP contribution in [0.4, 0.5) is 0 Å². The van der Waals surface area contributed by atoms with Crippen LogP contribution >= 0.6 is 0 Å². The Labute approximate surface area is 119 Å². The molecule has 1 aliphatic heterocycles. The summed E-state index contributed by atoms with van der Waals surface area (Å²) < 4.78 is 10.7. The summed E-state index contributed by atoms with van der Waals surface area (Å²) in [6.07, 6.45) is -0.118. The topological polar surface area (TPSA) is 50.8 Å². The summed E-state index contributed by atoms with van der Waals surface area (Å²) in [5.41, 5.74) is 1.03. The Morgan fingerprint density at radius 1 is 1.50 bits per heavy atom. The molecular weight excluding hydrogens is 256 g/mol. The number of amides is 1. The van der Waals surface area contributed by atoms with Gasteiger partial charge in [0.1, 0.15) is 11.9 Å². The maximum atomic E-state index is 12.1. The monoisotopic (exact) mass is 278 g/mol. The third-order valence-electron chi connectivity index (χ3n) is 3.46. The van der Waals surface area contributed by atoms with Crippen molar-refractivity contribution < 1.29 is 14.3 Å². The molecule has 5 nitrogen and oxygen atoms in total. The fraction of sp³-hybridized carbons (Fsp3) is 0.533. The molecule has 20 heavy (non-hydrogen) atoms. The van der Waals surface area contributed by atoms with E-state index in [2.05, 4.69) is 5.32 Å². The molecule has 0 aliphatic carbocycles. The van der Waals surface area contributed by atoms with Crippen LogP contribution in [0.3, 0.4) is 0 Å². The zero-order valence-corrected chi connectivity index (χ0v) is 12.3. The van der Waals surface area contributed by atoms with Gasteiger partial charge in [-0.3, -0.25) is 10.1 Å². The van der Waals surface area contributed by atoms with Crippen LogP contribution in [0.1, 0.15) is 25.6 Å². The van der Waals surface area contributed by atoms with Crippen molar-refractivity contribution in [3.8, 4) is 5.75 Å². The van der Waals surface area contributed by atoms with E-state index in [1.165, 1.54) is 0 Å². The van der Waals surface area contributed by atoms with E-state index in [0.29, 0.717) is 19.8 Å². The van der Waals surface area contributed by atoms with E-state index < -0.39 is 0 Å². The van der Waals surface area contributed by atoms with Crippen molar-refractivity contribution in [3.05, 3.63) is 29.8 Å². The summed E-state index contributed by atoms with van der Waals surface area (Å²) in [5, 5.41) is 3.25. The standard InChI is InChI=1S/C15H22N2O3/c1-4-20-10-11(2)17-14(18)9-16-15(17)12-6-5-7-13(8-12)19-3/h5-8,11,15-16H,4,9-10H2,1-3H3. The Morgan fingerprint density at radius 3 is 3.00 bits per heavy atom. The van der Waals surface area contributed by atoms with Gasteiger partial charge in [0.15, 0.2) is 0 Å². The fourth-order valence-corrected chi connectivity index (χ4v) is 2.48. The first-order valence-electron chi connectivity index (χ1n) is 6.93. The maximum absolute atomic E-state index is 12.1. The molecule has 2 atom stereocenters. The molecule has 0 bridgehead atoms. The predicted octanol–water partition coefficient (Wildman–Crippen LogP) is 1.55. The molecule has 0 radical (unpaired) electrons.